The van der Waals surface area contributed by atoms with Crippen LogP contribution in [0, 0.1) is 11.8 Å². The van der Waals surface area contributed by atoms with Gasteiger partial charge in [-0.15, -0.1) is 10.2 Å². The molecule has 5 heteroatoms. The minimum Gasteiger partial charge on any atom is -0.335 e. The second-order valence-electron chi connectivity index (χ2n) is 7.12. The smallest absolute Gasteiger partial charge is 0.291 e. The van der Waals surface area contributed by atoms with Crippen molar-refractivity contribution in [2.24, 2.45) is 11.8 Å². The molecule has 0 bridgehead atoms. The zero-order chi connectivity index (χ0) is 15.1. The first-order valence-electron chi connectivity index (χ1n) is 8.59. The van der Waals surface area contributed by atoms with Gasteiger partial charge >= 0.3 is 0 Å². The van der Waals surface area contributed by atoms with Crippen molar-refractivity contribution in [2.75, 3.05) is 13.1 Å². The quantitative estimate of drug-likeness (QED) is 0.749. The van der Waals surface area contributed by atoms with Crippen LogP contribution in [0.15, 0.2) is 11.6 Å². The van der Waals surface area contributed by atoms with Gasteiger partial charge in [-0.2, -0.15) is 0 Å². The van der Waals surface area contributed by atoms with E-state index >= 15 is 0 Å². The highest BCUT2D eigenvalue weighted by atomic mass is 16.2. The monoisotopic (exact) mass is 300 g/mol. The number of hydrogen-bond donors (Lipinski definition) is 0. The highest BCUT2D eigenvalue weighted by Crippen LogP contribution is 2.36. The van der Waals surface area contributed by atoms with Gasteiger partial charge in [0.1, 0.15) is 5.82 Å². The summed E-state index contributed by atoms with van der Waals surface area (Å²) in [4.78, 5) is 14.9. The Morgan fingerprint density at radius 3 is 2.95 bits per heavy atom. The van der Waals surface area contributed by atoms with E-state index in [1.54, 1.807) is 0 Å². The minimum atomic E-state index is 0.0905. The van der Waals surface area contributed by atoms with Crippen LogP contribution in [0.2, 0.25) is 0 Å². The number of amides is 1. The number of aryl methyl sites for hydroxylation is 1. The van der Waals surface area contributed by atoms with E-state index in [1.165, 1.54) is 12.0 Å². The lowest BCUT2D eigenvalue weighted by Gasteiger charge is -2.21. The molecule has 1 aromatic heterocycles. The summed E-state index contributed by atoms with van der Waals surface area (Å²) in [5, 5.41) is 8.49. The minimum absolute atomic E-state index is 0.0905. The number of allylic oxidation sites excluding steroid dienone is 2. The highest BCUT2D eigenvalue weighted by Gasteiger charge is 2.38. The van der Waals surface area contributed by atoms with Crippen LogP contribution in [-0.2, 0) is 13.0 Å². The van der Waals surface area contributed by atoms with Gasteiger partial charge in [0.05, 0.1) is 0 Å². The summed E-state index contributed by atoms with van der Waals surface area (Å²) in [5.74, 6) is 2.93. The molecule has 118 valence electrons. The molecule has 0 unspecified atom stereocenters. The molecular weight excluding hydrogens is 276 g/mol. The van der Waals surface area contributed by atoms with Gasteiger partial charge < -0.3 is 9.47 Å². The number of likely N-dealkylation sites (tertiary alicyclic amines) is 1. The predicted molar refractivity (Wildman–Crippen MR) is 83.5 cm³/mol. The van der Waals surface area contributed by atoms with Crippen LogP contribution in [0.1, 0.15) is 55.5 Å². The zero-order valence-corrected chi connectivity index (χ0v) is 13.3. The first kappa shape index (κ1) is 14.0. The Hall–Kier alpha value is -1.65. The topological polar surface area (TPSA) is 51.0 Å². The van der Waals surface area contributed by atoms with Gasteiger partial charge in [0.25, 0.3) is 5.91 Å². The van der Waals surface area contributed by atoms with E-state index < -0.39 is 0 Å². The Morgan fingerprint density at radius 1 is 1.18 bits per heavy atom. The second kappa shape index (κ2) is 5.52. The molecule has 2 atom stereocenters. The van der Waals surface area contributed by atoms with Gasteiger partial charge in [0, 0.05) is 26.1 Å². The highest BCUT2D eigenvalue weighted by molar-refractivity contribution is 5.91. The van der Waals surface area contributed by atoms with Gasteiger partial charge in [0.15, 0.2) is 0 Å². The van der Waals surface area contributed by atoms with Gasteiger partial charge in [-0.3, -0.25) is 4.79 Å². The molecule has 22 heavy (non-hydrogen) atoms. The van der Waals surface area contributed by atoms with Crippen molar-refractivity contribution in [3.05, 3.63) is 23.3 Å². The van der Waals surface area contributed by atoms with Crippen LogP contribution < -0.4 is 0 Å². The standard InChI is InChI=1S/C17H24N4O/c1-12-6-7-13-10-20(11-14(13)9-12)17(22)16-19-18-15-5-3-2-4-8-21(15)16/h6,13-14H,2-5,7-11H2,1H3/t13-,14+/m1/s1. The number of rotatable bonds is 1. The van der Waals surface area contributed by atoms with E-state index in [2.05, 4.69) is 27.8 Å². The molecule has 4 rings (SSSR count). The number of hydrogen-bond acceptors (Lipinski definition) is 3. The fraction of sp³-hybridized carbons (Fsp3) is 0.706. The summed E-state index contributed by atoms with van der Waals surface area (Å²) in [7, 11) is 0. The van der Waals surface area contributed by atoms with Crippen LogP contribution in [0.25, 0.3) is 0 Å². The largest absolute Gasteiger partial charge is 0.335 e. The van der Waals surface area contributed by atoms with Crippen LogP contribution >= 0.6 is 0 Å². The summed E-state index contributed by atoms with van der Waals surface area (Å²) >= 11 is 0. The molecule has 5 nitrogen and oxygen atoms in total. The normalized spacial score (nSPS) is 27.9. The number of fused-ring (bicyclic) bond motifs is 2. The zero-order valence-electron chi connectivity index (χ0n) is 13.3. The summed E-state index contributed by atoms with van der Waals surface area (Å²) in [6, 6.07) is 0. The van der Waals surface area contributed by atoms with Crippen molar-refractivity contribution in [3.63, 3.8) is 0 Å². The fourth-order valence-electron chi connectivity index (χ4n) is 4.24. The average Bonchev–Trinajstić information content (AvgIpc) is 3.03. The summed E-state index contributed by atoms with van der Waals surface area (Å²) in [6.07, 6.45) is 9.07. The van der Waals surface area contributed by atoms with Crippen molar-refractivity contribution >= 4 is 5.91 Å². The number of nitrogens with zero attached hydrogens (tertiary/aromatic N) is 4. The fourth-order valence-corrected chi connectivity index (χ4v) is 4.24. The second-order valence-corrected chi connectivity index (χ2v) is 7.12. The molecule has 0 spiro atoms. The number of aromatic nitrogens is 3. The molecule has 1 amide bonds. The number of carbonyl (C=O) groups excluding carboxylic acids is 1. The van der Waals surface area contributed by atoms with E-state index in [1.807, 2.05) is 4.90 Å². The predicted octanol–water partition coefficient (Wildman–Crippen LogP) is 2.43. The van der Waals surface area contributed by atoms with Crippen molar-refractivity contribution in [3.8, 4) is 0 Å². The first-order valence-corrected chi connectivity index (χ1v) is 8.59. The van der Waals surface area contributed by atoms with Gasteiger partial charge in [-0.25, -0.2) is 0 Å². The Kier molecular flexibility index (Phi) is 3.51. The molecule has 0 aromatic carbocycles. The van der Waals surface area contributed by atoms with Crippen molar-refractivity contribution in [1.82, 2.24) is 19.7 Å². The Morgan fingerprint density at radius 2 is 2.05 bits per heavy atom. The van der Waals surface area contributed by atoms with Crippen molar-refractivity contribution < 1.29 is 4.79 Å². The van der Waals surface area contributed by atoms with Gasteiger partial charge in [0.2, 0.25) is 5.82 Å². The van der Waals surface area contributed by atoms with E-state index in [-0.39, 0.29) is 5.91 Å². The van der Waals surface area contributed by atoms with Gasteiger partial charge in [-0.1, -0.05) is 18.1 Å². The van der Waals surface area contributed by atoms with Crippen molar-refractivity contribution in [2.45, 2.75) is 52.0 Å². The Bertz CT molecular complexity index is 618. The summed E-state index contributed by atoms with van der Waals surface area (Å²) in [5.41, 5.74) is 1.48. The molecule has 0 radical (unpaired) electrons. The maximum Gasteiger partial charge on any atom is 0.291 e. The molecule has 2 aliphatic heterocycles. The third-order valence-electron chi connectivity index (χ3n) is 5.52. The van der Waals surface area contributed by atoms with Crippen LogP contribution in [0.4, 0.5) is 0 Å². The maximum atomic E-state index is 12.9. The Balaban J connectivity index is 1.53. The third-order valence-corrected chi connectivity index (χ3v) is 5.52. The van der Waals surface area contributed by atoms with E-state index in [9.17, 15) is 4.79 Å². The molecular formula is C17H24N4O. The molecule has 1 aliphatic carbocycles. The molecule has 0 N–H and O–H groups in total. The molecule has 1 aromatic rings. The lowest BCUT2D eigenvalue weighted by molar-refractivity contribution is 0.0766. The first-order chi connectivity index (χ1) is 10.7. The molecule has 0 saturated carbocycles. The van der Waals surface area contributed by atoms with E-state index in [4.69, 9.17) is 0 Å². The lowest BCUT2D eigenvalue weighted by atomic mass is 9.83. The molecule has 3 aliphatic rings. The van der Waals surface area contributed by atoms with E-state index in [0.717, 1.165) is 57.6 Å². The summed E-state index contributed by atoms with van der Waals surface area (Å²) in [6.45, 7) is 4.87. The van der Waals surface area contributed by atoms with Gasteiger partial charge in [-0.05, 0) is 44.4 Å². The average molecular weight is 300 g/mol. The third kappa shape index (κ3) is 2.36. The molecule has 1 fully saturated rings. The van der Waals surface area contributed by atoms with E-state index in [0.29, 0.717) is 17.7 Å². The molecule has 3 heterocycles. The number of carbonyl (C=O) groups is 1. The molecule has 1 saturated heterocycles. The summed E-state index contributed by atoms with van der Waals surface area (Å²) < 4.78 is 2.07. The maximum absolute atomic E-state index is 12.9. The lowest BCUT2D eigenvalue weighted by Crippen LogP contribution is -2.31. The van der Waals surface area contributed by atoms with Crippen LogP contribution in [0.5, 0.6) is 0 Å². The van der Waals surface area contributed by atoms with Crippen LogP contribution in [0.3, 0.4) is 0 Å². The van der Waals surface area contributed by atoms with Crippen LogP contribution in [-0.4, -0.2) is 38.7 Å². The SMILES string of the molecule is CC1=CC[C@@H]2CN(C(=O)c3nnc4n3CCCCC4)C[C@@H]2C1. The Labute approximate surface area is 131 Å². The van der Waals surface area contributed by atoms with Crippen molar-refractivity contribution in [1.29, 1.82) is 0 Å².